The van der Waals surface area contributed by atoms with Crippen LogP contribution in [0.4, 0.5) is 5.82 Å². The van der Waals surface area contributed by atoms with Crippen molar-refractivity contribution in [1.82, 2.24) is 14.5 Å². The van der Waals surface area contributed by atoms with Crippen molar-refractivity contribution in [3.63, 3.8) is 0 Å². The Morgan fingerprint density at radius 1 is 1.64 bits per heavy atom. The van der Waals surface area contributed by atoms with Crippen LogP contribution in [0.15, 0.2) is 12.4 Å². The Morgan fingerprint density at radius 2 is 2.29 bits per heavy atom. The molecule has 1 heterocycles. The van der Waals surface area contributed by atoms with Crippen molar-refractivity contribution in [3.05, 3.63) is 28.3 Å². The normalized spacial score (nSPS) is 10.8. The molecule has 1 aromatic rings. The largest absolute Gasteiger partial charge is 0.383 e. The van der Waals surface area contributed by atoms with E-state index in [0.29, 0.717) is 5.82 Å². The Bertz CT molecular complexity index is 367. The van der Waals surface area contributed by atoms with E-state index in [-0.39, 0.29) is 5.82 Å². The number of hydrogen-bond acceptors (Lipinski definition) is 4. The van der Waals surface area contributed by atoms with Crippen LogP contribution in [0.1, 0.15) is 5.82 Å². The van der Waals surface area contributed by atoms with Gasteiger partial charge >= 0.3 is 5.82 Å². The minimum atomic E-state index is -0.458. The lowest BCUT2D eigenvalue weighted by Gasteiger charge is -2.01. The summed E-state index contributed by atoms with van der Waals surface area (Å²) in [4.78, 5) is 15.8. The molecule has 1 aromatic heterocycles. The van der Waals surface area contributed by atoms with Crippen LogP contribution in [-0.4, -0.2) is 33.5 Å². The summed E-state index contributed by atoms with van der Waals surface area (Å²) in [5, 5.41) is 10.5. The van der Waals surface area contributed by atoms with Gasteiger partial charge in [-0.15, -0.1) is 0 Å². The zero-order valence-electron chi connectivity index (χ0n) is 8.34. The van der Waals surface area contributed by atoms with Crippen LogP contribution < -0.4 is 0 Å². The first-order valence-electron chi connectivity index (χ1n) is 4.03. The van der Waals surface area contributed by atoms with E-state index < -0.39 is 4.92 Å². The van der Waals surface area contributed by atoms with Crippen molar-refractivity contribution in [1.29, 1.82) is 0 Å². The van der Waals surface area contributed by atoms with Crippen LogP contribution in [0.2, 0.25) is 0 Å². The molecule has 76 valence electrons. The summed E-state index contributed by atoms with van der Waals surface area (Å²) in [5.41, 5.74) is 0. The van der Waals surface area contributed by atoms with Crippen molar-refractivity contribution in [3.8, 4) is 0 Å². The average Bonchev–Trinajstić information content (AvgIpc) is 2.43. The molecule has 14 heavy (non-hydrogen) atoms. The summed E-state index contributed by atoms with van der Waals surface area (Å²) in [7, 11) is 5.35. The molecular formula is C8H12N4O2. The van der Waals surface area contributed by atoms with Crippen LogP contribution >= 0.6 is 0 Å². The molecule has 0 saturated carbocycles. The van der Waals surface area contributed by atoms with Crippen LogP contribution in [-0.2, 0) is 7.05 Å². The van der Waals surface area contributed by atoms with Crippen LogP contribution in [0.25, 0.3) is 6.08 Å². The highest BCUT2D eigenvalue weighted by Crippen LogP contribution is 2.12. The molecule has 0 N–H and O–H groups in total. The maximum Gasteiger partial charge on any atom is 0.342 e. The van der Waals surface area contributed by atoms with Gasteiger partial charge < -0.3 is 15.0 Å². The molecule has 0 aliphatic carbocycles. The maximum atomic E-state index is 10.5. The van der Waals surface area contributed by atoms with Gasteiger partial charge in [0.25, 0.3) is 0 Å². The van der Waals surface area contributed by atoms with E-state index in [4.69, 9.17) is 0 Å². The Kier molecular flexibility index (Phi) is 2.85. The number of hydrogen-bond donors (Lipinski definition) is 0. The Balaban J connectivity index is 2.96. The summed E-state index contributed by atoms with van der Waals surface area (Å²) in [6.45, 7) is 0. The van der Waals surface area contributed by atoms with Gasteiger partial charge in [0.15, 0.2) is 0 Å². The number of nitrogens with zero attached hydrogens (tertiary/aromatic N) is 4. The molecule has 0 atom stereocenters. The third-order valence-electron chi connectivity index (χ3n) is 1.71. The van der Waals surface area contributed by atoms with Crippen LogP contribution in [0.3, 0.4) is 0 Å². The highest BCUT2D eigenvalue weighted by atomic mass is 16.6. The van der Waals surface area contributed by atoms with Crippen molar-refractivity contribution in [2.75, 3.05) is 14.1 Å². The molecule has 0 fully saturated rings. The minimum absolute atomic E-state index is 0.0107. The third kappa shape index (κ3) is 2.09. The van der Waals surface area contributed by atoms with Gasteiger partial charge in [0.1, 0.15) is 6.20 Å². The second kappa shape index (κ2) is 3.91. The van der Waals surface area contributed by atoms with Gasteiger partial charge in [-0.3, -0.25) is 0 Å². The molecule has 6 nitrogen and oxygen atoms in total. The molecule has 0 spiro atoms. The smallest absolute Gasteiger partial charge is 0.342 e. The summed E-state index contributed by atoms with van der Waals surface area (Å²) >= 11 is 0. The fourth-order valence-electron chi connectivity index (χ4n) is 0.955. The topological polar surface area (TPSA) is 64.2 Å². The quantitative estimate of drug-likeness (QED) is 0.531. The van der Waals surface area contributed by atoms with Gasteiger partial charge in [-0.1, -0.05) is 0 Å². The zero-order chi connectivity index (χ0) is 10.7. The van der Waals surface area contributed by atoms with E-state index in [0.717, 1.165) is 0 Å². The fourth-order valence-corrected chi connectivity index (χ4v) is 0.955. The summed E-state index contributed by atoms with van der Waals surface area (Å²) in [6.07, 6.45) is 4.74. The van der Waals surface area contributed by atoms with E-state index in [1.54, 1.807) is 19.3 Å². The molecule has 6 heteroatoms. The predicted molar refractivity (Wildman–Crippen MR) is 52.6 cm³/mol. The predicted octanol–water partition coefficient (Wildman–Crippen LogP) is 0.861. The third-order valence-corrected chi connectivity index (χ3v) is 1.71. The maximum absolute atomic E-state index is 10.5. The second-order valence-electron chi connectivity index (χ2n) is 3.07. The molecule has 0 aliphatic rings. The van der Waals surface area contributed by atoms with E-state index >= 15 is 0 Å². The van der Waals surface area contributed by atoms with Gasteiger partial charge in [0.05, 0.1) is 7.05 Å². The molecule has 0 unspecified atom stereocenters. The van der Waals surface area contributed by atoms with Gasteiger partial charge in [-0.2, -0.15) is 0 Å². The lowest BCUT2D eigenvalue weighted by atomic mass is 10.5. The highest BCUT2D eigenvalue weighted by molar-refractivity contribution is 5.43. The molecule has 0 aliphatic heterocycles. The van der Waals surface area contributed by atoms with Crippen molar-refractivity contribution in [2.45, 2.75) is 0 Å². The average molecular weight is 196 g/mol. The second-order valence-corrected chi connectivity index (χ2v) is 3.07. The number of imidazole rings is 1. The highest BCUT2D eigenvalue weighted by Gasteiger charge is 2.13. The van der Waals surface area contributed by atoms with Gasteiger partial charge in [0.2, 0.25) is 5.82 Å². The first kappa shape index (κ1) is 10.2. The Labute approximate surface area is 81.6 Å². The molecule has 1 rings (SSSR count). The molecule has 0 saturated heterocycles. The first-order valence-corrected chi connectivity index (χ1v) is 4.03. The van der Waals surface area contributed by atoms with E-state index in [1.165, 1.54) is 10.8 Å². The molecule has 0 amide bonds. The molecule has 0 aromatic carbocycles. The lowest BCUT2D eigenvalue weighted by Crippen LogP contribution is -2.02. The summed E-state index contributed by atoms with van der Waals surface area (Å²) < 4.78 is 1.43. The summed E-state index contributed by atoms with van der Waals surface area (Å²) in [5.74, 6) is 0.550. The Hall–Kier alpha value is -1.85. The minimum Gasteiger partial charge on any atom is -0.383 e. The standard InChI is InChI=1S/C8H12N4O2/c1-10(2)5-4-7-9-6-8(11(7)3)12(13)14/h4-6H,1-3H3/b5-4+. The number of nitro groups is 1. The molecule has 0 radical (unpaired) electrons. The van der Waals surface area contributed by atoms with Gasteiger partial charge in [0, 0.05) is 26.4 Å². The van der Waals surface area contributed by atoms with Gasteiger partial charge in [-0.05, 0) is 4.92 Å². The van der Waals surface area contributed by atoms with Crippen LogP contribution in [0, 0.1) is 10.1 Å². The number of rotatable bonds is 3. The zero-order valence-corrected chi connectivity index (χ0v) is 8.34. The van der Waals surface area contributed by atoms with Crippen molar-refractivity contribution < 1.29 is 4.92 Å². The lowest BCUT2D eigenvalue weighted by molar-refractivity contribution is -0.391. The summed E-state index contributed by atoms with van der Waals surface area (Å²) in [6, 6.07) is 0. The number of aromatic nitrogens is 2. The van der Waals surface area contributed by atoms with E-state index in [9.17, 15) is 10.1 Å². The van der Waals surface area contributed by atoms with Gasteiger partial charge in [-0.25, -0.2) is 9.55 Å². The first-order chi connectivity index (χ1) is 6.52. The van der Waals surface area contributed by atoms with E-state index in [2.05, 4.69) is 4.98 Å². The monoisotopic (exact) mass is 196 g/mol. The molecular weight excluding hydrogens is 184 g/mol. The van der Waals surface area contributed by atoms with Crippen molar-refractivity contribution in [2.24, 2.45) is 7.05 Å². The van der Waals surface area contributed by atoms with Crippen molar-refractivity contribution >= 4 is 11.9 Å². The SMILES string of the molecule is CN(C)/C=C/c1ncc([N+](=O)[O-])n1C. The fraction of sp³-hybridized carbons (Fsp3) is 0.375. The van der Waals surface area contributed by atoms with Crippen LogP contribution in [0.5, 0.6) is 0 Å². The van der Waals surface area contributed by atoms with E-state index in [1.807, 2.05) is 19.0 Å². The Morgan fingerprint density at radius 3 is 2.71 bits per heavy atom. The molecule has 0 bridgehead atoms.